The van der Waals surface area contributed by atoms with E-state index in [1.165, 1.54) is 11.3 Å². The van der Waals surface area contributed by atoms with Crippen LogP contribution in [-0.4, -0.2) is 44.4 Å². The van der Waals surface area contributed by atoms with Gasteiger partial charge in [0.2, 0.25) is 5.91 Å². The number of carboxylic acids is 1. The van der Waals surface area contributed by atoms with Gasteiger partial charge in [-0.1, -0.05) is 0 Å². The van der Waals surface area contributed by atoms with Crippen molar-refractivity contribution in [2.24, 2.45) is 5.92 Å². The number of carbonyl (C=O) groups is 2. The van der Waals surface area contributed by atoms with Crippen molar-refractivity contribution in [3.63, 3.8) is 0 Å². The van der Waals surface area contributed by atoms with Gasteiger partial charge >= 0.3 is 5.97 Å². The standard InChI is InChI=1S/C14H17N3O3S/c1-9-6-17-11(8-21-14(17)15-9)5-12(18)16-3-2-10(7-16)4-13(19)20/h6,8,10H,2-5,7H2,1H3,(H,19,20). The van der Waals surface area contributed by atoms with Crippen molar-refractivity contribution in [1.82, 2.24) is 14.3 Å². The zero-order valence-electron chi connectivity index (χ0n) is 11.8. The molecule has 0 radical (unpaired) electrons. The van der Waals surface area contributed by atoms with Crippen molar-refractivity contribution in [1.29, 1.82) is 0 Å². The summed E-state index contributed by atoms with van der Waals surface area (Å²) in [5.74, 6) is -0.638. The summed E-state index contributed by atoms with van der Waals surface area (Å²) >= 11 is 1.53. The van der Waals surface area contributed by atoms with Gasteiger partial charge in [-0.05, 0) is 19.3 Å². The fourth-order valence-corrected chi connectivity index (χ4v) is 3.73. The minimum atomic E-state index is -0.789. The second kappa shape index (κ2) is 5.48. The molecular weight excluding hydrogens is 290 g/mol. The summed E-state index contributed by atoms with van der Waals surface area (Å²) in [4.78, 5) is 30.1. The maximum Gasteiger partial charge on any atom is 0.303 e. The lowest BCUT2D eigenvalue weighted by Gasteiger charge is -2.15. The maximum atomic E-state index is 12.3. The highest BCUT2D eigenvalue weighted by molar-refractivity contribution is 7.15. The van der Waals surface area contributed by atoms with E-state index in [0.717, 1.165) is 22.8 Å². The number of hydrogen-bond acceptors (Lipinski definition) is 4. The van der Waals surface area contributed by atoms with Crippen molar-refractivity contribution in [3.05, 3.63) is 23.0 Å². The molecule has 0 saturated carbocycles. The largest absolute Gasteiger partial charge is 0.481 e. The Morgan fingerprint density at radius 3 is 3.10 bits per heavy atom. The molecule has 0 aliphatic carbocycles. The molecule has 0 aromatic carbocycles. The number of imidazole rings is 1. The van der Waals surface area contributed by atoms with Gasteiger partial charge in [-0.25, -0.2) is 4.98 Å². The van der Waals surface area contributed by atoms with Crippen molar-refractivity contribution < 1.29 is 14.7 Å². The van der Waals surface area contributed by atoms with E-state index in [-0.39, 0.29) is 18.2 Å². The number of carbonyl (C=O) groups excluding carboxylic acids is 1. The van der Waals surface area contributed by atoms with Crippen molar-refractivity contribution >= 4 is 28.2 Å². The van der Waals surface area contributed by atoms with Crippen molar-refractivity contribution in [2.75, 3.05) is 13.1 Å². The predicted molar refractivity (Wildman–Crippen MR) is 78.4 cm³/mol. The third-order valence-corrected chi connectivity index (χ3v) is 4.73. The highest BCUT2D eigenvalue weighted by Crippen LogP contribution is 2.22. The molecule has 1 atom stereocenters. The van der Waals surface area contributed by atoms with E-state index in [9.17, 15) is 9.59 Å². The Morgan fingerprint density at radius 2 is 2.33 bits per heavy atom. The Balaban J connectivity index is 1.65. The first-order valence-electron chi connectivity index (χ1n) is 6.94. The van der Waals surface area contributed by atoms with E-state index in [2.05, 4.69) is 4.98 Å². The minimum absolute atomic E-state index is 0.0638. The molecule has 0 bridgehead atoms. The molecule has 1 amide bonds. The van der Waals surface area contributed by atoms with E-state index in [1.54, 1.807) is 4.90 Å². The number of aromatic nitrogens is 2. The molecular formula is C14H17N3O3S. The molecule has 1 saturated heterocycles. The van der Waals surface area contributed by atoms with Gasteiger partial charge in [0.15, 0.2) is 4.96 Å². The van der Waals surface area contributed by atoms with Crippen molar-refractivity contribution in [2.45, 2.75) is 26.2 Å². The van der Waals surface area contributed by atoms with Gasteiger partial charge in [-0.15, -0.1) is 11.3 Å². The third kappa shape index (κ3) is 2.92. The second-order valence-corrected chi connectivity index (χ2v) is 6.37. The molecule has 112 valence electrons. The number of hydrogen-bond donors (Lipinski definition) is 1. The summed E-state index contributed by atoms with van der Waals surface area (Å²) in [5.41, 5.74) is 1.89. The average Bonchev–Trinajstić information content (AvgIpc) is 3.06. The number of nitrogens with zero attached hydrogens (tertiary/aromatic N) is 3. The van der Waals surface area contributed by atoms with Gasteiger partial charge in [0.25, 0.3) is 0 Å². The number of aryl methyl sites for hydroxylation is 1. The number of rotatable bonds is 4. The topological polar surface area (TPSA) is 74.9 Å². The summed E-state index contributed by atoms with van der Waals surface area (Å²) in [5, 5.41) is 10.8. The van der Waals surface area contributed by atoms with E-state index in [0.29, 0.717) is 19.5 Å². The van der Waals surface area contributed by atoms with Crippen LogP contribution in [-0.2, 0) is 16.0 Å². The van der Waals surface area contributed by atoms with Gasteiger partial charge in [0.05, 0.1) is 12.1 Å². The number of aliphatic carboxylic acids is 1. The van der Waals surface area contributed by atoms with Crippen LogP contribution in [0.15, 0.2) is 11.6 Å². The highest BCUT2D eigenvalue weighted by Gasteiger charge is 2.28. The van der Waals surface area contributed by atoms with Crippen LogP contribution in [0.5, 0.6) is 0 Å². The van der Waals surface area contributed by atoms with Crippen LogP contribution in [0.1, 0.15) is 24.2 Å². The van der Waals surface area contributed by atoms with Crippen LogP contribution in [0.25, 0.3) is 4.96 Å². The number of amides is 1. The summed E-state index contributed by atoms with van der Waals surface area (Å²) in [6.07, 6.45) is 3.20. The van der Waals surface area contributed by atoms with E-state index < -0.39 is 5.97 Å². The van der Waals surface area contributed by atoms with Crippen LogP contribution in [0.4, 0.5) is 0 Å². The molecule has 7 heteroatoms. The first kappa shape index (κ1) is 14.1. The number of likely N-dealkylation sites (tertiary alicyclic amines) is 1. The Kier molecular flexibility index (Phi) is 3.67. The summed E-state index contributed by atoms with van der Waals surface area (Å²) < 4.78 is 1.96. The molecule has 3 heterocycles. The third-order valence-electron chi connectivity index (χ3n) is 3.84. The zero-order chi connectivity index (χ0) is 15.0. The normalized spacial score (nSPS) is 18.5. The number of thiazole rings is 1. The molecule has 1 N–H and O–H groups in total. The van der Waals surface area contributed by atoms with Gasteiger partial charge in [-0.2, -0.15) is 0 Å². The fraction of sp³-hybridized carbons (Fsp3) is 0.500. The predicted octanol–water partition coefficient (Wildman–Crippen LogP) is 1.57. The highest BCUT2D eigenvalue weighted by atomic mass is 32.1. The van der Waals surface area contributed by atoms with E-state index in [1.807, 2.05) is 22.9 Å². The molecule has 1 aliphatic rings. The molecule has 3 rings (SSSR count). The Labute approximate surface area is 126 Å². The quantitative estimate of drug-likeness (QED) is 0.930. The first-order chi connectivity index (χ1) is 10.0. The molecule has 2 aromatic heterocycles. The van der Waals surface area contributed by atoms with Gasteiger partial charge in [0, 0.05) is 36.8 Å². The zero-order valence-corrected chi connectivity index (χ0v) is 12.6. The maximum absolute atomic E-state index is 12.3. The SMILES string of the molecule is Cc1cn2c(CC(=O)N3CCC(CC(=O)O)C3)csc2n1. The van der Waals surface area contributed by atoms with Crippen LogP contribution < -0.4 is 0 Å². The number of carboxylic acid groups (broad SMARTS) is 1. The smallest absolute Gasteiger partial charge is 0.303 e. The number of fused-ring (bicyclic) bond motifs is 1. The average molecular weight is 307 g/mol. The van der Waals surface area contributed by atoms with Crippen LogP contribution in [0, 0.1) is 12.8 Å². The molecule has 0 spiro atoms. The van der Waals surface area contributed by atoms with Gasteiger partial charge < -0.3 is 10.0 Å². The molecule has 1 aliphatic heterocycles. The summed E-state index contributed by atoms with van der Waals surface area (Å²) in [6, 6.07) is 0. The Hall–Kier alpha value is -1.89. The summed E-state index contributed by atoms with van der Waals surface area (Å²) in [7, 11) is 0. The lowest BCUT2D eigenvalue weighted by molar-refractivity contribution is -0.138. The second-order valence-electron chi connectivity index (χ2n) is 5.53. The molecule has 1 unspecified atom stereocenters. The van der Waals surface area contributed by atoms with Crippen molar-refractivity contribution in [3.8, 4) is 0 Å². The van der Waals surface area contributed by atoms with E-state index >= 15 is 0 Å². The Bertz CT molecular complexity index is 691. The molecule has 2 aromatic rings. The molecule has 6 nitrogen and oxygen atoms in total. The molecule has 21 heavy (non-hydrogen) atoms. The molecule has 1 fully saturated rings. The van der Waals surface area contributed by atoms with Crippen LogP contribution >= 0.6 is 11.3 Å². The van der Waals surface area contributed by atoms with Gasteiger partial charge in [-0.3, -0.25) is 14.0 Å². The van der Waals surface area contributed by atoms with Crippen LogP contribution in [0.2, 0.25) is 0 Å². The Morgan fingerprint density at radius 1 is 1.52 bits per heavy atom. The minimum Gasteiger partial charge on any atom is -0.481 e. The lowest BCUT2D eigenvalue weighted by atomic mass is 10.1. The summed E-state index contributed by atoms with van der Waals surface area (Å²) in [6.45, 7) is 3.15. The monoisotopic (exact) mass is 307 g/mol. The van der Waals surface area contributed by atoms with Crippen LogP contribution in [0.3, 0.4) is 0 Å². The van der Waals surface area contributed by atoms with E-state index in [4.69, 9.17) is 5.11 Å². The first-order valence-corrected chi connectivity index (χ1v) is 7.82. The lowest BCUT2D eigenvalue weighted by Crippen LogP contribution is -2.30. The fourth-order valence-electron chi connectivity index (χ4n) is 2.81. The van der Waals surface area contributed by atoms with Gasteiger partial charge in [0.1, 0.15) is 0 Å².